The van der Waals surface area contributed by atoms with Crippen molar-refractivity contribution in [2.75, 3.05) is 24.1 Å². The first kappa shape index (κ1) is 14.6. The van der Waals surface area contributed by atoms with E-state index in [-0.39, 0.29) is 4.90 Å². The number of nitrogen functional groups attached to an aromatic ring is 1. The third-order valence-electron chi connectivity index (χ3n) is 4.45. The summed E-state index contributed by atoms with van der Waals surface area (Å²) in [6, 6.07) is 5.73. The second kappa shape index (κ2) is 5.47. The summed E-state index contributed by atoms with van der Waals surface area (Å²) in [4.78, 5) is 2.61. The number of rotatable bonds is 3. The molecular formula is C14H22N4O2S. The van der Waals surface area contributed by atoms with Crippen molar-refractivity contribution in [1.29, 1.82) is 0 Å². The number of anilines is 2. The number of primary sulfonamides is 1. The molecule has 3 rings (SSSR count). The molecule has 0 spiro atoms. The van der Waals surface area contributed by atoms with Crippen LogP contribution in [0, 0.1) is 0 Å². The van der Waals surface area contributed by atoms with Crippen LogP contribution in [-0.2, 0) is 10.0 Å². The van der Waals surface area contributed by atoms with Gasteiger partial charge in [-0.15, -0.1) is 0 Å². The fraction of sp³-hybridized carbons (Fsp3) is 0.571. The lowest BCUT2D eigenvalue weighted by Crippen LogP contribution is -2.42. The lowest BCUT2D eigenvalue weighted by atomic mass is 9.97. The lowest BCUT2D eigenvalue weighted by molar-refractivity contribution is 0.188. The van der Waals surface area contributed by atoms with Crippen molar-refractivity contribution in [2.24, 2.45) is 5.14 Å². The van der Waals surface area contributed by atoms with Gasteiger partial charge < -0.3 is 16.0 Å². The molecule has 0 radical (unpaired) electrons. The molecule has 7 heteroatoms. The van der Waals surface area contributed by atoms with Gasteiger partial charge in [-0.05, 0) is 50.4 Å². The van der Waals surface area contributed by atoms with E-state index in [1.165, 1.54) is 25.5 Å². The highest BCUT2D eigenvalue weighted by Gasteiger charge is 2.31. The molecule has 2 atom stereocenters. The van der Waals surface area contributed by atoms with Gasteiger partial charge in [-0.2, -0.15) is 0 Å². The molecule has 2 fully saturated rings. The molecule has 0 aliphatic carbocycles. The Balaban J connectivity index is 1.74. The van der Waals surface area contributed by atoms with Gasteiger partial charge in [-0.25, -0.2) is 13.6 Å². The van der Waals surface area contributed by atoms with Crippen molar-refractivity contribution >= 4 is 21.4 Å². The minimum absolute atomic E-state index is 0.0586. The summed E-state index contributed by atoms with van der Waals surface area (Å²) >= 11 is 0. The fourth-order valence-electron chi connectivity index (χ4n) is 3.46. The van der Waals surface area contributed by atoms with Crippen LogP contribution in [0.3, 0.4) is 0 Å². The zero-order chi connectivity index (χ0) is 15.0. The zero-order valence-electron chi connectivity index (χ0n) is 12.0. The quantitative estimate of drug-likeness (QED) is 0.722. The molecule has 2 saturated heterocycles. The van der Waals surface area contributed by atoms with Gasteiger partial charge in [0, 0.05) is 30.0 Å². The van der Waals surface area contributed by atoms with Crippen molar-refractivity contribution in [2.45, 2.75) is 42.7 Å². The molecule has 0 bridgehead atoms. The maximum Gasteiger partial charge on any atom is 0.238 e. The number of fused-ring (bicyclic) bond motifs is 1. The zero-order valence-corrected chi connectivity index (χ0v) is 12.8. The van der Waals surface area contributed by atoms with Crippen LogP contribution >= 0.6 is 0 Å². The van der Waals surface area contributed by atoms with E-state index in [4.69, 9.17) is 10.9 Å². The highest BCUT2D eigenvalue weighted by atomic mass is 32.2. The van der Waals surface area contributed by atoms with Crippen molar-refractivity contribution in [3.63, 3.8) is 0 Å². The minimum Gasteiger partial charge on any atom is -0.399 e. The summed E-state index contributed by atoms with van der Waals surface area (Å²) in [5, 5.41) is 8.60. The molecule has 2 aliphatic heterocycles. The van der Waals surface area contributed by atoms with E-state index in [0.717, 1.165) is 25.1 Å². The molecule has 2 heterocycles. The first-order valence-corrected chi connectivity index (χ1v) is 8.90. The van der Waals surface area contributed by atoms with Crippen molar-refractivity contribution in [3.05, 3.63) is 18.2 Å². The van der Waals surface area contributed by atoms with E-state index in [1.807, 2.05) is 0 Å². The highest BCUT2D eigenvalue weighted by molar-refractivity contribution is 7.89. The van der Waals surface area contributed by atoms with Gasteiger partial charge in [0.2, 0.25) is 10.0 Å². The summed E-state index contributed by atoms with van der Waals surface area (Å²) in [5.74, 6) is 0. The average molecular weight is 310 g/mol. The first-order valence-electron chi connectivity index (χ1n) is 7.36. The summed E-state index contributed by atoms with van der Waals surface area (Å²) in [7, 11) is -3.73. The highest BCUT2D eigenvalue weighted by Crippen LogP contribution is 2.29. The standard InChI is InChI=1S/C14H22N4O2S/c15-10-6-12(9-14(7-10)21(16,19)20)17-11-3-5-18-4-1-2-13(18)8-11/h6-7,9,11,13,17H,1-5,8,15H2,(H2,16,19,20). The Hall–Kier alpha value is -1.31. The Morgan fingerprint density at radius 1 is 1.19 bits per heavy atom. The Kier molecular flexibility index (Phi) is 3.81. The number of nitrogens with two attached hydrogens (primary N) is 2. The molecule has 0 aromatic heterocycles. The molecule has 116 valence electrons. The molecule has 2 aliphatic rings. The second-order valence-corrected chi connectivity index (χ2v) is 7.59. The van der Waals surface area contributed by atoms with Gasteiger partial charge in [-0.3, -0.25) is 0 Å². The molecule has 5 N–H and O–H groups in total. The number of nitrogens with one attached hydrogen (secondary N) is 1. The molecule has 21 heavy (non-hydrogen) atoms. The van der Waals surface area contributed by atoms with Crippen LogP contribution in [0.25, 0.3) is 0 Å². The van der Waals surface area contributed by atoms with Crippen molar-refractivity contribution < 1.29 is 8.42 Å². The molecule has 0 saturated carbocycles. The molecule has 1 aromatic rings. The Labute approximate surface area is 125 Å². The summed E-state index contributed by atoms with van der Waals surface area (Å²) in [6.07, 6.45) is 4.71. The van der Waals surface area contributed by atoms with Gasteiger partial charge in [0.1, 0.15) is 0 Å². The van der Waals surface area contributed by atoms with E-state index in [2.05, 4.69) is 10.2 Å². The average Bonchev–Trinajstić information content (AvgIpc) is 2.84. The van der Waals surface area contributed by atoms with Crippen LogP contribution in [0.5, 0.6) is 0 Å². The van der Waals surface area contributed by atoms with Crippen LogP contribution < -0.4 is 16.2 Å². The minimum atomic E-state index is -3.73. The monoisotopic (exact) mass is 310 g/mol. The van der Waals surface area contributed by atoms with Gasteiger partial charge in [0.15, 0.2) is 0 Å². The number of nitrogens with zero attached hydrogens (tertiary/aromatic N) is 1. The summed E-state index contributed by atoms with van der Waals surface area (Å²) < 4.78 is 22.9. The second-order valence-electron chi connectivity index (χ2n) is 6.03. The van der Waals surface area contributed by atoms with Gasteiger partial charge in [0.25, 0.3) is 0 Å². The predicted octanol–water partition coefficient (Wildman–Crippen LogP) is 0.955. The molecule has 6 nitrogen and oxygen atoms in total. The van der Waals surface area contributed by atoms with Crippen LogP contribution in [-0.4, -0.2) is 38.5 Å². The Morgan fingerprint density at radius 3 is 2.76 bits per heavy atom. The van der Waals surface area contributed by atoms with Crippen LogP contribution in [0.4, 0.5) is 11.4 Å². The van der Waals surface area contributed by atoms with E-state index >= 15 is 0 Å². The smallest absolute Gasteiger partial charge is 0.238 e. The number of hydrogen-bond donors (Lipinski definition) is 3. The van der Waals surface area contributed by atoms with Crippen LogP contribution in [0.15, 0.2) is 23.1 Å². The lowest BCUT2D eigenvalue weighted by Gasteiger charge is -2.35. The molecular weight excluding hydrogens is 288 g/mol. The number of sulfonamides is 1. The van der Waals surface area contributed by atoms with E-state index in [1.54, 1.807) is 12.1 Å². The van der Waals surface area contributed by atoms with Crippen LogP contribution in [0.1, 0.15) is 25.7 Å². The summed E-state index contributed by atoms with van der Waals surface area (Å²) in [6.45, 7) is 2.32. The maximum atomic E-state index is 11.5. The molecule has 1 aromatic carbocycles. The van der Waals surface area contributed by atoms with Gasteiger partial charge >= 0.3 is 0 Å². The van der Waals surface area contributed by atoms with E-state index in [9.17, 15) is 8.42 Å². The first-order chi connectivity index (χ1) is 9.91. The largest absolute Gasteiger partial charge is 0.399 e. The van der Waals surface area contributed by atoms with E-state index < -0.39 is 10.0 Å². The van der Waals surface area contributed by atoms with Crippen LogP contribution in [0.2, 0.25) is 0 Å². The number of hydrogen-bond acceptors (Lipinski definition) is 5. The number of piperidine rings is 1. The maximum absolute atomic E-state index is 11.5. The predicted molar refractivity (Wildman–Crippen MR) is 83.5 cm³/mol. The van der Waals surface area contributed by atoms with E-state index in [0.29, 0.717) is 17.8 Å². The van der Waals surface area contributed by atoms with Crippen molar-refractivity contribution in [1.82, 2.24) is 4.90 Å². The van der Waals surface area contributed by atoms with Gasteiger partial charge in [-0.1, -0.05) is 0 Å². The Bertz CT molecular complexity index is 632. The normalized spacial score (nSPS) is 26.5. The molecule has 0 amide bonds. The molecule has 2 unspecified atom stereocenters. The number of benzene rings is 1. The third kappa shape index (κ3) is 3.30. The van der Waals surface area contributed by atoms with Crippen molar-refractivity contribution in [3.8, 4) is 0 Å². The fourth-order valence-corrected chi connectivity index (χ4v) is 4.05. The summed E-state index contributed by atoms with van der Waals surface area (Å²) in [5.41, 5.74) is 6.92. The van der Waals surface area contributed by atoms with Gasteiger partial charge in [0.05, 0.1) is 4.90 Å². The Morgan fingerprint density at radius 2 is 2.00 bits per heavy atom. The third-order valence-corrected chi connectivity index (χ3v) is 5.34. The topological polar surface area (TPSA) is 101 Å². The SMILES string of the molecule is Nc1cc(NC2CCN3CCCC3C2)cc(S(N)(=O)=O)c1.